The van der Waals surface area contributed by atoms with Gasteiger partial charge in [0.1, 0.15) is 5.58 Å². The first kappa shape index (κ1) is 18.7. The van der Waals surface area contributed by atoms with E-state index in [1.54, 1.807) is 6.07 Å². The average Bonchev–Trinajstić information content (AvgIpc) is 3.32. The highest BCUT2D eigenvalue weighted by atomic mass is 79.9. The lowest BCUT2D eigenvalue weighted by Gasteiger charge is -2.19. The van der Waals surface area contributed by atoms with Crippen molar-refractivity contribution in [2.24, 2.45) is 0 Å². The lowest BCUT2D eigenvalue weighted by molar-refractivity contribution is 0.0793. The zero-order valence-corrected chi connectivity index (χ0v) is 17.4. The second-order valence-electron chi connectivity index (χ2n) is 7.15. The van der Waals surface area contributed by atoms with Gasteiger partial charge in [-0.2, -0.15) is 0 Å². The monoisotopic (exact) mass is 440 g/mol. The molecule has 0 saturated carbocycles. The smallest absolute Gasteiger partial charge is 0.291 e. The predicted molar refractivity (Wildman–Crippen MR) is 113 cm³/mol. The van der Waals surface area contributed by atoms with Gasteiger partial charge in [0.25, 0.3) is 11.8 Å². The van der Waals surface area contributed by atoms with Crippen LogP contribution in [0, 0.1) is 13.8 Å². The number of aryl methyl sites for hydroxylation is 2. The maximum atomic E-state index is 13.0. The molecule has 6 heteroatoms. The lowest BCUT2D eigenvalue weighted by Crippen LogP contribution is -2.29. The van der Waals surface area contributed by atoms with Crippen LogP contribution < -0.4 is 5.32 Å². The molecule has 1 fully saturated rings. The summed E-state index contributed by atoms with van der Waals surface area (Å²) in [5.74, 6) is -0.132. The van der Waals surface area contributed by atoms with E-state index in [2.05, 4.69) is 21.2 Å². The van der Waals surface area contributed by atoms with Crippen molar-refractivity contribution < 1.29 is 14.0 Å². The highest BCUT2D eigenvalue weighted by Gasteiger charge is 2.25. The zero-order valence-electron chi connectivity index (χ0n) is 15.8. The molecule has 2 aromatic carbocycles. The molecule has 0 atom stereocenters. The number of nitrogens with one attached hydrogen (secondary N) is 1. The summed E-state index contributed by atoms with van der Waals surface area (Å²) in [6.45, 7) is 5.27. The molecule has 144 valence electrons. The van der Waals surface area contributed by atoms with E-state index in [0.717, 1.165) is 46.9 Å². The van der Waals surface area contributed by atoms with Crippen molar-refractivity contribution in [2.45, 2.75) is 26.7 Å². The summed E-state index contributed by atoms with van der Waals surface area (Å²) in [4.78, 5) is 27.8. The van der Waals surface area contributed by atoms with E-state index in [9.17, 15) is 9.59 Å². The summed E-state index contributed by atoms with van der Waals surface area (Å²) in [5, 5.41) is 3.81. The fourth-order valence-electron chi connectivity index (χ4n) is 3.68. The number of carbonyl (C=O) groups excluding carboxylic acids is 2. The van der Waals surface area contributed by atoms with Gasteiger partial charge in [0.05, 0.1) is 11.3 Å². The topological polar surface area (TPSA) is 62.6 Å². The molecule has 1 saturated heterocycles. The Kier molecular flexibility index (Phi) is 4.98. The minimum Gasteiger partial charge on any atom is -0.451 e. The van der Waals surface area contributed by atoms with Crippen molar-refractivity contribution in [1.82, 2.24) is 4.90 Å². The molecule has 5 nitrogen and oxygen atoms in total. The van der Waals surface area contributed by atoms with Crippen molar-refractivity contribution in [1.29, 1.82) is 0 Å². The SMILES string of the molecule is Cc1cccc(C(=O)N2CCCC2)c1NC(=O)c1oc2ccc(Br)cc2c1C. The number of rotatable bonds is 3. The third kappa shape index (κ3) is 3.33. The van der Waals surface area contributed by atoms with Crippen molar-refractivity contribution in [2.75, 3.05) is 18.4 Å². The largest absolute Gasteiger partial charge is 0.451 e. The first-order valence-electron chi connectivity index (χ1n) is 9.34. The fourth-order valence-corrected chi connectivity index (χ4v) is 4.04. The van der Waals surface area contributed by atoms with Crippen molar-refractivity contribution in [3.63, 3.8) is 0 Å². The number of nitrogens with zero attached hydrogens (tertiary/aromatic N) is 1. The number of likely N-dealkylation sites (tertiary alicyclic amines) is 1. The minimum absolute atomic E-state index is 0.0400. The number of halogens is 1. The van der Waals surface area contributed by atoms with E-state index < -0.39 is 0 Å². The number of benzene rings is 2. The molecular formula is C22H21BrN2O3. The molecule has 2 heterocycles. The number of para-hydroxylation sites is 1. The molecule has 28 heavy (non-hydrogen) atoms. The van der Waals surface area contributed by atoms with Crippen LogP contribution in [0.5, 0.6) is 0 Å². The highest BCUT2D eigenvalue weighted by molar-refractivity contribution is 9.10. The Hall–Kier alpha value is -2.60. The molecule has 0 unspecified atom stereocenters. The fraction of sp³-hybridized carbons (Fsp3) is 0.273. The van der Waals surface area contributed by atoms with Crippen molar-refractivity contribution >= 4 is 44.4 Å². The van der Waals surface area contributed by atoms with Crippen molar-refractivity contribution in [3.8, 4) is 0 Å². The van der Waals surface area contributed by atoms with Gasteiger partial charge in [0.15, 0.2) is 5.76 Å². The number of furan rings is 1. The Morgan fingerprint density at radius 1 is 1.11 bits per heavy atom. The molecular weight excluding hydrogens is 420 g/mol. The van der Waals surface area contributed by atoms with E-state index >= 15 is 0 Å². The first-order chi connectivity index (χ1) is 13.5. The first-order valence-corrected chi connectivity index (χ1v) is 10.1. The van der Waals surface area contributed by atoms with E-state index in [0.29, 0.717) is 16.8 Å². The summed E-state index contributed by atoms with van der Waals surface area (Å²) < 4.78 is 6.72. The Balaban J connectivity index is 1.68. The second-order valence-corrected chi connectivity index (χ2v) is 8.06. The molecule has 4 rings (SSSR count). The summed E-state index contributed by atoms with van der Waals surface area (Å²) in [6, 6.07) is 11.1. The van der Waals surface area contributed by atoms with Crippen LogP contribution in [0.3, 0.4) is 0 Å². The highest BCUT2D eigenvalue weighted by Crippen LogP contribution is 2.30. The molecule has 0 bridgehead atoms. The molecule has 1 aliphatic heterocycles. The maximum Gasteiger partial charge on any atom is 0.291 e. The molecule has 2 amide bonds. The predicted octanol–water partition coefficient (Wildman–Crippen LogP) is 5.30. The van der Waals surface area contributed by atoms with Crippen LogP contribution in [0.25, 0.3) is 11.0 Å². The third-order valence-electron chi connectivity index (χ3n) is 5.24. The van der Waals surface area contributed by atoms with Gasteiger partial charge in [-0.1, -0.05) is 28.1 Å². The number of hydrogen-bond donors (Lipinski definition) is 1. The molecule has 0 aliphatic carbocycles. The van der Waals surface area contributed by atoms with Crippen LogP contribution >= 0.6 is 15.9 Å². The number of carbonyl (C=O) groups is 2. The summed E-state index contributed by atoms with van der Waals surface area (Å²) in [6.07, 6.45) is 2.04. The second kappa shape index (κ2) is 7.43. The van der Waals surface area contributed by atoms with Crippen LogP contribution in [0.4, 0.5) is 5.69 Å². The van der Waals surface area contributed by atoms with Crippen LogP contribution in [0.2, 0.25) is 0 Å². The lowest BCUT2D eigenvalue weighted by atomic mass is 10.1. The van der Waals surface area contributed by atoms with Crippen molar-refractivity contribution in [3.05, 3.63) is 63.3 Å². The standard InChI is InChI=1S/C22H21BrN2O3/c1-13-6-5-7-16(22(27)25-10-3-4-11-25)19(13)24-21(26)20-14(2)17-12-15(23)8-9-18(17)28-20/h5-9,12H,3-4,10-11H2,1-2H3,(H,24,26). The maximum absolute atomic E-state index is 13.0. The third-order valence-corrected chi connectivity index (χ3v) is 5.73. The minimum atomic E-state index is -0.352. The Bertz CT molecular complexity index is 1080. The number of hydrogen-bond acceptors (Lipinski definition) is 3. The molecule has 3 aromatic rings. The van der Waals surface area contributed by atoms with Gasteiger partial charge < -0.3 is 14.6 Å². The van der Waals surface area contributed by atoms with Gasteiger partial charge in [-0.3, -0.25) is 9.59 Å². The average molecular weight is 441 g/mol. The van der Waals surface area contributed by atoms with Crippen LogP contribution in [-0.2, 0) is 0 Å². The summed E-state index contributed by atoms with van der Waals surface area (Å²) in [5.41, 5.74) is 3.34. The van der Waals surface area contributed by atoms with E-state index in [1.165, 1.54) is 0 Å². The van der Waals surface area contributed by atoms with Gasteiger partial charge in [0, 0.05) is 28.5 Å². The van der Waals surface area contributed by atoms with Gasteiger partial charge >= 0.3 is 0 Å². The quantitative estimate of drug-likeness (QED) is 0.600. The van der Waals surface area contributed by atoms with Gasteiger partial charge in [-0.25, -0.2) is 0 Å². The van der Waals surface area contributed by atoms with Crippen LogP contribution in [0.15, 0.2) is 45.3 Å². The van der Waals surface area contributed by atoms with Crippen LogP contribution in [0.1, 0.15) is 44.9 Å². The molecule has 1 aliphatic rings. The molecule has 0 spiro atoms. The normalized spacial score (nSPS) is 13.9. The van der Waals surface area contributed by atoms with Gasteiger partial charge in [0.2, 0.25) is 0 Å². The number of anilines is 1. The Morgan fingerprint density at radius 3 is 2.61 bits per heavy atom. The van der Waals surface area contributed by atoms with Crippen LogP contribution in [-0.4, -0.2) is 29.8 Å². The summed E-state index contributed by atoms with van der Waals surface area (Å²) >= 11 is 3.45. The van der Waals surface area contributed by atoms with Gasteiger partial charge in [-0.05, 0) is 56.5 Å². The Morgan fingerprint density at radius 2 is 1.86 bits per heavy atom. The number of amides is 2. The van der Waals surface area contributed by atoms with E-state index in [-0.39, 0.29) is 17.6 Å². The molecule has 0 radical (unpaired) electrons. The Labute approximate surface area is 171 Å². The summed E-state index contributed by atoms with van der Waals surface area (Å²) in [7, 11) is 0. The molecule has 1 N–H and O–H groups in total. The van der Waals surface area contributed by atoms with Gasteiger partial charge in [-0.15, -0.1) is 0 Å². The zero-order chi connectivity index (χ0) is 19.8. The van der Waals surface area contributed by atoms with E-state index in [1.807, 2.05) is 49.1 Å². The molecule has 1 aromatic heterocycles. The van der Waals surface area contributed by atoms with E-state index in [4.69, 9.17) is 4.42 Å². The number of fused-ring (bicyclic) bond motifs is 1.